The Morgan fingerprint density at radius 3 is 2.89 bits per heavy atom. The summed E-state index contributed by atoms with van der Waals surface area (Å²) in [6.45, 7) is 4.64. The van der Waals surface area contributed by atoms with E-state index in [2.05, 4.69) is 25.7 Å². The molecular formula is C18H27FN6O2. The van der Waals surface area contributed by atoms with Crippen molar-refractivity contribution in [3.05, 3.63) is 41.5 Å². The van der Waals surface area contributed by atoms with Crippen molar-refractivity contribution >= 4 is 5.91 Å². The molecule has 0 aliphatic rings. The van der Waals surface area contributed by atoms with Gasteiger partial charge in [-0.1, -0.05) is 12.1 Å². The number of benzene rings is 1. The first-order chi connectivity index (χ1) is 13.0. The number of halogens is 1. The summed E-state index contributed by atoms with van der Waals surface area (Å²) in [6.07, 6.45) is 1.12. The van der Waals surface area contributed by atoms with E-state index in [1.807, 2.05) is 7.05 Å². The van der Waals surface area contributed by atoms with Crippen molar-refractivity contribution in [2.24, 2.45) is 0 Å². The maximum atomic E-state index is 13.5. The molecule has 0 spiro atoms. The molecule has 2 aromatic rings. The van der Waals surface area contributed by atoms with Gasteiger partial charge in [-0.15, -0.1) is 5.10 Å². The summed E-state index contributed by atoms with van der Waals surface area (Å²) < 4.78 is 20.0. The largest absolute Gasteiger partial charge is 0.383 e. The molecule has 1 aromatic carbocycles. The maximum absolute atomic E-state index is 13.5. The highest BCUT2D eigenvalue weighted by atomic mass is 19.1. The fourth-order valence-corrected chi connectivity index (χ4v) is 2.74. The van der Waals surface area contributed by atoms with E-state index in [9.17, 15) is 9.18 Å². The number of aromatic nitrogens is 4. The molecule has 1 N–H and O–H groups in total. The molecule has 27 heavy (non-hydrogen) atoms. The Morgan fingerprint density at radius 2 is 2.22 bits per heavy atom. The molecular weight excluding hydrogens is 351 g/mol. The lowest BCUT2D eigenvalue weighted by molar-refractivity contribution is -0.124. The molecule has 0 bridgehead atoms. The molecule has 148 valence electrons. The Hall–Kier alpha value is -2.39. The molecule has 0 saturated heterocycles. The van der Waals surface area contributed by atoms with Crippen LogP contribution in [0.3, 0.4) is 0 Å². The third kappa shape index (κ3) is 6.69. The van der Waals surface area contributed by atoms with Gasteiger partial charge in [0.05, 0.1) is 6.61 Å². The first kappa shape index (κ1) is 20.9. The van der Waals surface area contributed by atoms with Crippen molar-refractivity contribution in [2.45, 2.75) is 25.8 Å². The van der Waals surface area contributed by atoms with Crippen molar-refractivity contribution < 1.29 is 13.9 Å². The second kappa shape index (κ2) is 10.7. The van der Waals surface area contributed by atoms with Crippen LogP contribution in [0.2, 0.25) is 0 Å². The number of hydrogen-bond donors (Lipinski definition) is 1. The molecule has 0 radical (unpaired) electrons. The molecule has 0 saturated carbocycles. The highest BCUT2D eigenvalue weighted by Gasteiger charge is 2.24. The summed E-state index contributed by atoms with van der Waals surface area (Å²) >= 11 is 0. The lowest BCUT2D eigenvalue weighted by Crippen LogP contribution is -2.36. The van der Waals surface area contributed by atoms with Gasteiger partial charge in [-0.3, -0.25) is 4.79 Å². The van der Waals surface area contributed by atoms with E-state index in [0.29, 0.717) is 31.0 Å². The van der Waals surface area contributed by atoms with Crippen molar-refractivity contribution in [3.63, 3.8) is 0 Å². The van der Waals surface area contributed by atoms with Gasteiger partial charge < -0.3 is 15.0 Å². The predicted molar refractivity (Wildman–Crippen MR) is 98.7 cm³/mol. The number of hydrogen-bond acceptors (Lipinski definition) is 6. The van der Waals surface area contributed by atoms with Crippen LogP contribution in [-0.2, 0) is 16.0 Å². The Balaban J connectivity index is 1.95. The molecule has 0 aliphatic heterocycles. The lowest BCUT2D eigenvalue weighted by Gasteiger charge is -2.19. The van der Waals surface area contributed by atoms with E-state index in [1.165, 1.54) is 16.8 Å². The van der Waals surface area contributed by atoms with Gasteiger partial charge in [-0.2, -0.15) is 0 Å². The SMILES string of the molecule is COCCN(C)CCCNC(=O)[C@H](Cc1cccc(F)c1)n1nnnc1C. The highest BCUT2D eigenvalue weighted by molar-refractivity contribution is 5.80. The lowest BCUT2D eigenvalue weighted by atomic mass is 10.0. The van der Waals surface area contributed by atoms with Crippen LogP contribution in [0, 0.1) is 12.7 Å². The summed E-state index contributed by atoms with van der Waals surface area (Å²) in [7, 11) is 3.69. The fourth-order valence-electron chi connectivity index (χ4n) is 2.74. The number of nitrogens with one attached hydrogen (secondary N) is 1. The molecule has 1 aromatic heterocycles. The van der Waals surface area contributed by atoms with Crippen LogP contribution >= 0.6 is 0 Å². The van der Waals surface area contributed by atoms with Gasteiger partial charge in [0.1, 0.15) is 17.7 Å². The average molecular weight is 378 g/mol. The molecule has 1 heterocycles. The number of likely N-dealkylation sites (N-methyl/N-ethyl adjacent to an activating group) is 1. The monoisotopic (exact) mass is 378 g/mol. The zero-order chi connectivity index (χ0) is 19.6. The van der Waals surface area contributed by atoms with E-state index in [-0.39, 0.29) is 11.7 Å². The van der Waals surface area contributed by atoms with E-state index in [0.717, 1.165) is 19.5 Å². The molecule has 0 unspecified atom stereocenters. The van der Waals surface area contributed by atoms with Gasteiger partial charge in [0.25, 0.3) is 0 Å². The smallest absolute Gasteiger partial charge is 0.245 e. The Morgan fingerprint density at radius 1 is 1.41 bits per heavy atom. The van der Waals surface area contributed by atoms with Gasteiger partial charge in [0, 0.05) is 26.6 Å². The second-order valence-corrected chi connectivity index (χ2v) is 6.46. The number of nitrogens with zero attached hydrogens (tertiary/aromatic N) is 5. The van der Waals surface area contributed by atoms with Crippen molar-refractivity contribution in [1.82, 2.24) is 30.4 Å². The van der Waals surface area contributed by atoms with Crippen LogP contribution in [-0.4, -0.2) is 71.4 Å². The van der Waals surface area contributed by atoms with E-state index in [4.69, 9.17) is 4.74 Å². The van der Waals surface area contributed by atoms with Crippen LogP contribution in [0.1, 0.15) is 23.9 Å². The zero-order valence-electron chi connectivity index (χ0n) is 16.1. The molecule has 1 amide bonds. The first-order valence-electron chi connectivity index (χ1n) is 8.95. The van der Waals surface area contributed by atoms with E-state index < -0.39 is 6.04 Å². The van der Waals surface area contributed by atoms with Gasteiger partial charge >= 0.3 is 0 Å². The first-order valence-corrected chi connectivity index (χ1v) is 8.95. The number of methoxy groups -OCH3 is 1. The van der Waals surface area contributed by atoms with Crippen LogP contribution in [0.5, 0.6) is 0 Å². The second-order valence-electron chi connectivity index (χ2n) is 6.46. The number of tetrazole rings is 1. The Bertz CT molecular complexity index is 723. The number of carbonyl (C=O) groups excluding carboxylic acids is 1. The minimum absolute atomic E-state index is 0.186. The van der Waals surface area contributed by atoms with E-state index in [1.54, 1.807) is 26.2 Å². The summed E-state index contributed by atoms with van der Waals surface area (Å²) in [5, 5.41) is 14.3. The van der Waals surface area contributed by atoms with Crippen molar-refractivity contribution in [3.8, 4) is 0 Å². The number of amides is 1. The molecule has 0 fully saturated rings. The third-order valence-electron chi connectivity index (χ3n) is 4.27. The normalized spacial score (nSPS) is 12.3. The Labute approximate surface area is 158 Å². The van der Waals surface area contributed by atoms with Gasteiger partial charge in [0.2, 0.25) is 5.91 Å². The summed E-state index contributed by atoms with van der Waals surface area (Å²) in [6, 6.07) is 5.58. The summed E-state index contributed by atoms with van der Waals surface area (Å²) in [4.78, 5) is 14.9. The van der Waals surface area contributed by atoms with Crippen LogP contribution in [0.25, 0.3) is 0 Å². The van der Waals surface area contributed by atoms with Crippen LogP contribution in [0.15, 0.2) is 24.3 Å². The number of rotatable bonds is 11. The molecule has 8 nitrogen and oxygen atoms in total. The molecule has 1 atom stereocenters. The zero-order valence-corrected chi connectivity index (χ0v) is 16.1. The summed E-state index contributed by atoms with van der Waals surface area (Å²) in [5.41, 5.74) is 0.712. The average Bonchev–Trinajstić information content (AvgIpc) is 3.07. The van der Waals surface area contributed by atoms with Crippen molar-refractivity contribution in [1.29, 1.82) is 0 Å². The minimum atomic E-state index is -0.631. The topological polar surface area (TPSA) is 85.2 Å². The molecule has 9 heteroatoms. The number of aryl methyl sites for hydroxylation is 1. The van der Waals surface area contributed by atoms with E-state index >= 15 is 0 Å². The third-order valence-corrected chi connectivity index (χ3v) is 4.27. The van der Waals surface area contributed by atoms with Crippen LogP contribution in [0.4, 0.5) is 4.39 Å². The fraction of sp³-hybridized carbons (Fsp3) is 0.556. The summed E-state index contributed by atoms with van der Waals surface area (Å²) in [5.74, 6) is 0.0132. The highest BCUT2D eigenvalue weighted by Crippen LogP contribution is 2.16. The minimum Gasteiger partial charge on any atom is -0.383 e. The maximum Gasteiger partial charge on any atom is 0.245 e. The standard InChI is InChI=1S/C18H27FN6O2/c1-14-21-22-23-25(14)17(13-15-6-4-7-16(19)12-15)18(26)20-8-5-9-24(2)10-11-27-3/h4,6-7,12,17H,5,8-11,13H2,1-3H3,(H,20,26)/t17-/m0/s1. The number of ether oxygens (including phenoxy) is 1. The van der Waals surface area contributed by atoms with Gasteiger partial charge in [-0.25, -0.2) is 9.07 Å². The molecule has 2 rings (SSSR count). The predicted octanol–water partition coefficient (Wildman–Crippen LogP) is 0.989. The van der Waals surface area contributed by atoms with Gasteiger partial charge in [0.15, 0.2) is 0 Å². The van der Waals surface area contributed by atoms with Crippen LogP contribution < -0.4 is 5.32 Å². The molecule has 0 aliphatic carbocycles. The Kier molecular flexibility index (Phi) is 8.28. The quantitative estimate of drug-likeness (QED) is 0.587. The van der Waals surface area contributed by atoms with Gasteiger partial charge in [-0.05, 0) is 55.1 Å². The number of carbonyl (C=O) groups is 1. The van der Waals surface area contributed by atoms with Crippen molar-refractivity contribution in [2.75, 3.05) is 40.4 Å².